The molecule has 3 aromatic rings. The summed E-state index contributed by atoms with van der Waals surface area (Å²) in [5.41, 5.74) is 1.22. The maximum absolute atomic E-state index is 12.1. The summed E-state index contributed by atoms with van der Waals surface area (Å²) in [5, 5.41) is 11.9. The van der Waals surface area contributed by atoms with Gasteiger partial charge < -0.3 is 9.84 Å². The first-order valence-electron chi connectivity index (χ1n) is 7.25. The highest BCUT2D eigenvalue weighted by Crippen LogP contribution is 2.23. The van der Waals surface area contributed by atoms with Crippen LogP contribution in [0, 0.1) is 0 Å². The summed E-state index contributed by atoms with van der Waals surface area (Å²) >= 11 is 0. The van der Waals surface area contributed by atoms with Crippen molar-refractivity contribution in [2.75, 3.05) is 7.11 Å². The van der Waals surface area contributed by atoms with Gasteiger partial charge in [-0.2, -0.15) is 0 Å². The Balaban J connectivity index is 1.86. The lowest BCUT2D eigenvalue weighted by Crippen LogP contribution is -1.94. The van der Waals surface area contributed by atoms with E-state index in [0.717, 1.165) is 22.1 Å². The predicted octanol–water partition coefficient (Wildman–Crippen LogP) is 4.45. The zero-order valence-electron chi connectivity index (χ0n) is 12.7. The van der Waals surface area contributed by atoms with E-state index < -0.39 is 0 Å². The summed E-state index contributed by atoms with van der Waals surface area (Å²) in [6.45, 7) is 0. The number of carbonyl (C=O) groups excluding carboxylic acids is 1. The van der Waals surface area contributed by atoms with Gasteiger partial charge in [-0.25, -0.2) is 0 Å². The molecular formula is C20H16O3. The Bertz CT molecular complexity index is 894. The van der Waals surface area contributed by atoms with E-state index in [1.54, 1.807) is 31.4 Å². The number of allylic oxidation sites excluding steroid dienone is 1. The van der Waals surface area contributed by atoms with Crippen LogP contribution in [0.15, 0.2) is 66.7 Å². The number of ether oxygens (including phenoxy) is 1. The van der Waals surface area contributed by atoms with Gasteiger partial charge in [0.1, 0.15) is 11.5 Å². The van der Waals surface area contributed by atoms with Crippen molar-refractivity contribution in [1.29, 1.82) is 0 Å². The Morgan fingerprint density at radius 2 is 1.74 bits per heavy atom. The molecule has 0 aromatic heterocycles. The second-order valence-electron chi connectivity index (χ2n) is 5.19. The Morgan fingerprint density at radius 1 is 1.00 bits per heavy atom. The molecule has 23 heavy (non-hydrogen) atoms. The van der Waals surface area contributed by atoms with Gasteiger partial charge >= 0.3 is 0 Å². The molecule has 0 saturated carbocycles. The minimum absolute atomic E-state index is 0.00671. The SMILES string of the molecule is COc1ccc2cc(/C=C/C(=O)c3ccccc3O)ccc2c1. The lowest BCUT2D eigenvalue weighted by atomic mass is 10.0. The van der Waals surface area contributed by atoms with Crippen molar-refractivity contribution in [3.8, 4) is 11.5 Å². The fourth-order valence-electron chi connectivity index (χ4n) is 2.42. The quantitative estimate of drug-likeness (QED) is 0.572. The average molecular weight is 304 g/mol. The molecule has 3 aromatic carbocycles. The summed E-state index contributed by atoms with van der Waals surface area (Å²) < 4.78 is 5.21. The molecule has 1 N–H and O–H groups in total. The standard InChI is InChI=1S/C20H16O3/c1-23-17-10-9-15-12-14(6-8-16(15)13-17)7-11-20(22)18-4-2-3-5-19(18)21/h2-13,21H,1H3/b11-7+. The molecule has 114 valence electrons. The molecule has 0 bridgehead atoms. The predicted molar refractivity (Wildman–Crippen MR) is 92.0 cm³/mol. The molecule has 0 atom stereocenters. The molecule has 0 aliphatic heterocycles. The third-order valence-corrected chi connectivity index (χ3v) is 3.67. The van der Waals surface area contributed by atoms with Gasteiger partial charge in [-0.05, 0) is 52.7 Å². The van der Waals surface area contributed by atoms with E-state index in [0.29, 0.717) is 5.56 Å². The van der Waals surface area contributed by atoms with Gasteiger partial charge in [-0.3, -0.25) is 4.79 Å². The number of rotatable bonds is 4. The van der Waals surface area contributed by atoms with Crippen molar-refractivity contribution in [2.45, 2.75) is 0 Å². The van der Waals surface area contributed by atoms with Gasteiger partial charge in [0.05, 0.1) is 12.7 Å². The minimum atomic E-state index is -0.224. The van der Waals surface area contributed by atoms with Crippen molar-refractivity contribution in [3.05, 3.63) is 77.9 Å². The van der Waals surface area contributed by atoms with Crippen LogP contribution >= 0.6 is 0 Å². The van der Waals surface area contributed by atoms with Crippen molar-refractivity contribution < 1.29 is 14.6 Å². The van der Waals surface area contributed by atoms with Crippen LogP contribution in [0.5, 0.6) is 11.5 Å². The van der Waals surface area contributed by atoms with Gasteiger partial charge in [-0.1, -0.05) is 36.4 Å². The first kappa shape index (κ1) is 14.9. The fourth-order valence-corrected chi connectivity index (χ4v) is 2.42. The number of phenols is 1. The first-order valence-corrected chi connectivity index (χ1v) is 7.25. The Kier molecular flexibility index (Phi) is 4.11. The van der Waals surface area contributed by atoms with E-state index >= 15 is 0 Å². The van der Waals surface area contributed by atoms with E-state index in [1.807, 2.05) is 36.4 Å². The van der Waals surface area contributed by atoms with E-state index in [9.17, 15) is 9.90 Å². The summed E-state index contributed by atoms with van der Waals surface area (Å²) in [4.78, 5) is 12.1. The minimum Gasteiger partial charge on any atom is -0.507 e. The number of carbonyl (C=O) groups is 1. The monoisotopic (exact) mass is 304 g/mol. The number of phenolic OH excluding ortho intramolecular Hbond substituents is 1. The molecule has 0 radical (unpaired) electrons. The van der Waals surface area contributed by atoms with E-state index in [-0.39, 0.29) is 11.5 Å². The van der Waals surface area contributed by atoms with E-state index in [1.165, 1.54) is 12.1 Å². The molecular weight excluding hydrogens is 288 g/mol. The number of para-hydroxylation sites is 1. The number of fused-ring (bicyclic) bond motifs is 1. The zero-order valence-corrected chi connectivity index (χ0v) is 12.7. The lowest BCUT2D eigenvalue weighted by molar-refractivity contribution is 0.104. The maximum atomic E-state index is 12.1. The molecule has 0 amide bonds. The summed E-state index contributed by atoms with van der Waals surface area (Å²) in [5.74, 6) is 0.584. The van der Waals surface area contributed by atoms with Crippen molar-refractivity contribution >= 4 is 22.6 Å². The summed E-state index contributed by atoms with van der Waals surface area (Å²) in [7, 11) is 1.64. The third-order valence-electron chi connectivity index (χ3n) is 3.67. The van der Waals surface area contributed by atoms with Gasteiger partial charge in [0.25, 0.3) is 0 Å². The van der Waals surface area contributed by atoms with Crippen LogP contribution in [-0.4, -0.2) is 18.0 Å². The van der Waals surface area contributed by atoms with Gasteiger partial charge in [0, 0.05) is 0 Å². The summed E-state index contributed by atoms with van der Waals surface area (Å²) in [6, 6.07) is 18.3. The van der Waals surface area contributed by atoms with Gasteiger partial charge in [0.15, 0.2) is 5.78 Å². The topological polar surface area (TPSA) is 46.5 Å². The summed E-state index contributed by atoms with van der Waals surface area (Å²) in [6.07, 6.45) is 3.22. The molecule has 0 aliphatic rings. The highest BCUT2D eigenvalue weighted by molar-refractivity contribution is 6.08. The highest BCUT2D eigenvalue weighted by atomic mass is 16.5. The molecule has 3 rings (SSSR count). The van der Waals surface area contributed by atoms with Crippen LogP contribution < -0.4 is 4.74 Å². The second-order valence-corrected chi connectivity index (χ2v) is 5.19. The lowest BCUT2D eigenvalue weighted by Gasteiger charge is -2.03. The highest BCUT2D eigenvalue weighted by Gasteiger charge is 2.06. The van der Waals surface area contributed by atoms with Crippen molar-refractivity contribution in [3.63, 3.8) is 0 Å². The first-order chi connectivity index (χ1) is 11.2. The number of hydrogen-bond donors (Lipinski definition) is 1. The average Bonchev–Trinajstić information content (AvgIpc) is 2.59. The number of benzene rings is 3. The Morgan fingerprint density at radius 3 is 2.52 bits per heavy atom. The Labute approximate surface area is 134 Å². The molecule has 0 fully saturated rings. The normalized spacial score (nSPS) is 11.0. The van der Waals surface area contributed by atoms with Crippen LogP contribution in [-0.2, 0) is 0 Å². The van der Waals surface area contributed by atoms with Crippen molar-refractivity contribution in [2.24, 2.45) is 0 Å². The number of aromatic hydroxyl groups is 1. The molecule has 0 heterocycles. The molecule has 0 unspecified atom stereocenters. The van der Waals surface area contributed by atoms with Crippen LogP contribution in [0.4, 0.5) is 0 Å². The van der Waals surface area contributed by atoms with Crippen LogP contribution in [0.3, 0.4) is 0 Å². The molecule has 0 spiro atoms. The van der Waals surface area contributed by atoms with Crippen molar-refractivity contribution in [1.82, 2.24) is 0 Å². The molecule has 3 nitrogen and oxygen atoms in total. The van der Waals surface area contributed by atoms with Crippen LogP contribution in [0.2, 0.25) is 0 Å². The zero-order chi connectivity index (χ0) is 16.2. The number of ketones is 1. The molecule has 0 saturated heterocycles. The molecule has 3 heteroatoms. The Hall–Kier alpha value is -3.07. The van der Waals surface area contributed by atoms with Crippen LogP contribution in [0.1, 0.15) is 15.9 Å². The maximum Gasteiger partial charge on any atom is 0.189 e. The van der Waals surface area contributed by atoms with E-state index in [4.69, 9.17) is 4.74 Å². The van der Waals surface area contributed by atoms with Gasteiger partial charge in [0.2, 0.25) is 0 Å². The largest absolute Gasteiger partial charge is 0.507 e. The fraction of sp³-hybridized carbons (Fsp3) is 0.0500. The second kappa shape index (κ2) is 6.36. The molecule has 0 aliphatic carbocycles. The number of methoxy groups -OCH3 is 1. The smallest absolute Gasteiger partial charge is 0.189 e. The number of hydrogen-bond acceptors (Lipinski definition) is 3. The van der Waals surface area contributed by atoms with Gasteiger partial charge in [-0.15, -0.1) is 0 Å². The third kappa shape index (κ3) is 3.24. The van der Waals surface area contributed by atoms with Crippen LogP contribution in [0.25, 0.3) is 16.8 Å². The van der Waals surface area contributed by atoms with E-state index in [2.05, 4.69) is 0 Å².